The van der Waals surface area contributed by atoms with Crippen molar-refractivity contribution in [2.75, 3.05) is 19.8 Å². The second-order valence-electron chi connectivity index (χ2n) is 5.86. The van der Waals surface area contributed by atoms with Crippen LogP contribution >= 0.6 is 0 Å². The SMILES string of the molecule is CCN(C(=O)C1(N)CCCCC1)C1COCC1C(=O)O. The molecule has 1 aliphatic heterocycles. The standard InChI is InChI=1S/C14H24N2O4/c1-2-16(11-9-20-8-10(11)12(17)18)13(19)14(15)6-4-3-5-7-14/h10-11H,2-9,15H2,1H3,(H,17,18). The van der Waals surface area contributed by atoms with Crippen LogP contribution in [0.5, 0.6) is 0 Å². The largest absolute Gasteiger partial charge is 0.481 e. The third-order valence-corrected chi connectivity index (χ3v) is 4.54. The second kappa shape index (κ2) is 6.10. The van der Waals surface area contributed by atoms with Crippen LogP contribution in [-0.4, -0.2) is 53.2 Å². The Morgan fingerprint density at radius 1 is 1.30 bits per heavy atom. The third kappa shape index (κ3) is 2.81. The van der Waals surface area contributed by atoms with Crippen LogP contribution in [0.15, 0.2) is 0 Å². The van der Waals surface area contributed by atoms with Crippen molar-refractivity contribution in [1.82, 2.24) is 4.90 Å². The van der Waals surface area contributed by atoms with Crippen LogP contribution in [0.4, 0.5) is 0 Å². The molecule has 6 heteroatoms. The average molecular weight is 284 g/mol. The van der Waals surface area contributed by atoms with Crippen molar-refractivity contribution in [2.24, 2.45) is 11.7 Å². The van der Waals surface area contributed by atoms with Crippen molar-refractivity contribution >= 4 is 11.9 Å². The molecule has 20 heavy (non-hydrogen) atoms. The molecule has 0 aromatic carbocycles. The zero-order valence-corrected chi connectivity index (χ0v) is 12.0. The highest BCUT2D eigenvalue weighted by molar-refractivity contribution is 5.87. The predicted octanol–water partition coefficient (Wildman–Crippen LogP) is 0.596. The van der Waals surface area contributed by atoms with Gasteiger partial charge in [0, 0.05) is 6.54 Å². The first-order valence-corrected chi connectivity index (χ1v) is 7.40. The predicted molar refractivity (Wildman–Crippen MR) is 73.1 cm³/mol. The summed E-state index contributed by atoms with van der Waals surface area (Å²) >= 11 is 0. The molecule has 1 amide bonds. The molecule has 0 spiro atoms. The number of carbonyl (C=O) groups excluding carboxylic acids is 1. The number of carbonyl (C=O) groups is 2. The number of hydrogen-bond acceptors (Lipinski definition) is 4. The monoisotopic (exact) mass is 284 g/mol. The van der Waals surface area contributed by atoms with E-state index in [0.717, 1.165) is 19.3 Å². The van der Waals surface area contributed by atoms with Gasteiger partial charge in [0.15, 0.2) is 0 Å². The molecule has 0 aromatic heterocycles. The van der Waals surface area contributed by atoms with Crippen LogP contribution in [0.2, 0.25) is 0 Å². The fourth-order valence-corrected chi connectivity index (χ4v) is 3.30. The molecule has 0 aromatic rings. The molecule has 2 atom stereocenters. The first kappa shape index (κ1) is 15.3. The summed E-state index contributed by atoms with van der Waals surface area (Å²) in [5.41, 5.74) is 5.47. The quantitative estimate of drug-likeness (QED) is 0.788. The van der Waals surface area contributed by atoms with Gasteiger partial charge in [0.2, 0.25) is 5.91 Å². The van der Waals surface area contributed by atoms with Crippen molar-refractivity contribution in [3.8, 4) is 0 Å². The van der Waals surface area contributed by atoms with Crippen LogP contribution in [0.25, 0.3) is 0 Å². The normalized spacial score (nSPS) is 29.1. The van der Waals surface area contributed by atoms with Gasteiger partial charge in [-0.05, 0) is 19.8 Å². The third-order valence-electron chi connectivity index (χ3n) is 4.54. The van der Waals surface area contributed by atoms with Crippen LogP contribution < -0.4 is 5.73 Å². The Bertz CT molecular complexity index is 379. The van der Waals surface area contributed by atoms with Crippen molar-refractivity contribution in [2.45, 2.75) is 50.6 Å². The Hall–Kier alpha value is -1.14. The van der Waals surface area contributed by atoms with E-state index < -0.39 is 23.5 Å². The number of nitrogens with two attached hydrogens (primary N) is 1. The molecule has 3 N–H and O–H groups in total. The molecule has 1 saturated heterocycles. The zero-order valence-electron chi connectivity index (χ0n) is 12.0. The maximum absolute atomic E-state index is 12.8. The number of likely N-dealkylation sites (N-methyl/N-ethyl adjacent to an activating group) is 1. The molecule has 0 radical (unpaired) electrons. The maximum Gasteiger partial charge on any atom is 0.311 e. The Morgan fingerprint density at radius 3 is 2.50 bits per heavy atom. The molecule has 1 saturated carbocycles. The summed E-state index contributed by atoms with van der Waals surface area (Å²) in [5, 5.41) is 9.24. The average Bonchev–Trinajstić information content (AvgIpc) is 2.90. The van der Waals surface area contributed by atoms with Crippen LogP contribution in [0, 0.1) is 5.92 Å². The summed E-state index contributed by atoms with van der Waals surface area (Å²) in [6.07, 6.45) is 4.41. The maximum atomic E-state index is 12.8. The number of amides is 1. The van der Waals surface area contributed by atoms with Crippen molar-refractivity contribution in [3.05, 3.63) is 0 Å². The summed E-state index contributed by atoms with van der Waals surface area (Å²) in [7, 11) is 0. The highest BCUT2D eigenvalue weighted by Gasteiger charge is 2.45. The molecular weight excluding hydrogens is 260 g/mol. The summed E-state index contributed by atoms with van der Waals surface area (Å²) in [4.78, 5) is 25.6. The first-order valence-electron chi connectivity index (χ1n) is 7.40. The van der Waals surface area contributed by atoms with E-state index in [1.807, 2.05) is 6.92 Å². The number of nitrogens with zero attached hydrogens (tertiary/aromatic N) is 1. The molecular formula is C14H24N2O4. The Kier molecular flexibility index (Phi) is 4.65. The molecule has 0 bridgehead atoms. The zero-order chi connectivity index (χ0) is 14.8. The minimum Gasteiger partial charge on any atom is -0.481 e. The lowest BCUT2D eigenvalue weighted by Gasteiger charge is -2.39. The lowest BCUT2D eigenvalue weighted by Crippen LogP contribution is -2.60. The molecule has 1 heterocycles. The van der Waals surface area contributed by atoms with Gasteiger partial charge in [0.1, 0.15) is 5.92 Å². The molecule has 6 nitrogen and oxygen atoms in total. The number of hydrogen-bond donors (Lipinski definition) is 2. The second-order valence-corrected chi connectivity index (χ2v) is 5.86. The lowest BCUT2D eigenvalue weighted by molar-refractivity contribution is -0.147. The van der Waals surface area contributed by atoms with Crippen molar-refractivity contribution < 1.29 is 19.4 Å². The van der Waals surface area contributed by atoms with E-state index >= 15 is 0 Å². The number of carboxylic acid groups (broad SMARTS) is 1. The van der Waals surface area contributed by atoms with Crippen LogP contribution in [0.3, 0.4) is 0 Å². The number of ether oxygens (including phenoxy) is 1. The summed E-state index contributed by atoms with van der Waals surface area (Å²) in [6.45, 7) is 2.78. The summed E-state index contributed by atoms with van der Waals surface area (Å²) in [6, 6.07) is -0.396. The van der Waals surface area contributed by atoms with E-state index in [1.165, 1.54) is 0 Å². The van der Waals surface area contributed by atoms with Crippen LogP contribution in [0.1, 0.15) is 39.0 Å². The van der Waals surface area contributed by atoms with Gasteiger partial charge in [-0.15, -0.1) is 0 Å². The highest BCUT2D eigenvalue weighted by atomic mass is 16.5. The molecule has 2 aliphatic rings. The Morgan fingerprint density at radius 2 is 1.95 bits per heavy atom. The van der Waals surface area contributed by atoms with Gasteiger partial charge < -0.3 is 20.5 Å². The lowest BCUT2D eigenvalue weighted by atomic mass is 9.81. The van der Waals surface area contributed by atoms with Gasteiger partial charge in [-0.1, -0.05) is 19.3 Å². The minimum absolute atomic E-state index is 0.110. The van der Waals surface area contributed by atoms with Gasteiger partial charge in [-0.2, -0.15) is 0 Å². The van der Waals surface area contributed by atoms with Crippen LogP contribution in [-0.2, 0) is 14.3 Å². The van der Waals surface area contributed by atoms with Gasteiger partial charge in [-0.3, -0.25) is 9.59 Å². The fraction of sp³-hybridized carbons (Fsp3) is 0.857. The number of rotatable bonds is 4. The van der Waals surface area contributed by atoms with Crippen molar-refractivity contribution in [1.29, 1.82) is 0 Å². The minimum atomic E-state index is -0.909. The van der Waals surface area contributed by atoms with E-state index in [2.05, 4.69) is 0 Å². The fourth-order valence-electron chi connectivity index (χ4n) is 3.30. The molecule has 2 fully saturated rings. The van der Waals surface area contributed by atoms with Gasteiger partial charge >= 0.3 is 5.97 Å². The van der Waals surface area contributed by atoms with Crippen molar-refractivity contribution in [3.63, 3.8) is 0 Å². The van der Waals surface area contributed by atoms with E-state index in [9.17, 15) is 14.7 Å². The molecule has 1 aliphatic carbocycles. The van der Waals surface area contributed by atoms with E-state index in [-0.39, 0.29) is 19.1 Å². The topological polar surface area (TPSA) is 92.9 Å². The highest BCUT2D eigenvalue weighted by Crippen LogP contribution is 2.30. The molecule has 114 valence electrons. The molecule has 2 unspecified atom stereocenters. The van der Waals surface area contributed by atoms with E-state index in [0.29, 0.717) is 19.4 Å². The number of carboxylic acids is 1. The molecule has 2 rings (SSSR count). The number of aliphatic carboxylic acids is 1. The van der Waals surface area contributed by atoms with E-state index in [1.54, 1.807) is 4.90 Å². The summed E-state index contributed by atoms with van der Waals surface area (Å²) in [5.74, 6) is -1.67. The Balaban J connectivity index is 2.14. The van der Waals surface area contributed by atoms with Gasteiger partial charge in [-0.25, -0.2) is 0 Å². The summed E-state index contributed by atoms with van der Waals surface area (Å²) < 4.78 is 5.27. The van der Waals surface area contributed by atoms with Gasteiger partial charge in [0.05, 0.1) is 24.8 Å². The van der Waals surface area contributed by atoms with E-state index in [4.69, 9.17) is 10.5 Å². The smallest absolute Gasteiger partial charge is 0.311 e. The first-order chi connectivity index (χ1) is 9.49. The Labute approximate surface area is 119 Å². The van der Waals surface area contributed by atoms with Gasteiger partial charge in [0.25, 0.3) is 0 Å².